The Morgan fingerprint density at radius 1 is 1.29 bits per heavy atom. The van der Waals surface area contributed by atoms with Gasteiger partial charge in [-0.25, -0.2) is 4.68 Å². The van der Waals surface area contributed by atoms with E-state index in [1.54, 1.807) is 14.2 Å². The molecule has 3 rings (SSSR count). The zero-order valence-electron chi connectivity index (χ0n) is 16.6. The molecule has 1 amide bonds. The summed E-state index contributed by atoms with van der Waals surface area (Å²) < 4.78 is 12.6. The Balaban J connectivity index is 1.58. The number of rotatable bonds is 8. The first-order chi connectivity index (χ1) is 13.6. The molecule has 0 saturated heterocycles. The number of nitrogens with zero attached hydrogens (tertiary/aromatic N) is 4. The Hall–Kier alpha value is -2.29. The van der Waals surface area contributed by atoms with E-state index in [1.165, 1.54) is 31.0 Å². The van der Waals surface area contributed by atoms with Crippen molar-refractivity contribution in [2.45, 2.75) is 56.3 Å². The van der Waals surface area contributed by atoms with Gasteiger partial charge in [-0.15, -0.1) is 5.10 Å². The summed E-state index contributed by atoms with van der Waals surface area (Å²) in [6.45, 7) is 1.92. The first-order valence-electron chi connectivity index (χ1n) is 9.54. The van der Waals surface area contributed by atoms with E-state index in [9.17, 15) is 4.79 Å². The molecule has 152 valence electrons. The fourth-order valence-electron chi connectivity index (χ4n) is 3.50. The fraction of sp³-hybridized carbons (Fsp3) is 0.579. The van der Waals surface area contributed by atoms with Crippen LogP contribution in [0, 0.1) is 0 Å². The van der Waals surface area contributed by atoms with Gasteiger partial charge in [0, 0.05) is 5.56 Å². The zero-order valence-corrected chi connectivity index (χ0v) is 17.4. The van der Waals surface area contributed by atoms with Gasteiger partial charge in [0.1, 0.15) is 11.5 Å². The lowest BCUT2D eigenvalue weighted by Gasteiger charge is -2.22. The number of hydrogen-bond donors (Lipinski definition) is 1. The van der Waals surface area contributed by atoms with Crippen LogP contribution in [0.4, 0.5) is 0 Å². The number of tetrazole rings is 1. The van der Waals surface area contributed by atoms with Crippen molar-refractivity contribution in [1.82, 2.24) is 25.5 Å². The van der Waals surface area contributed by atoms with Crippen LogP contribution >= 0.6 is 11.8 Å². The molecule has 1 fully saturated rings. The lowest BCUT2D eigenvalue weighted by Crippen LogP contribution is -2.28. The average Bonchev–Trinajstić information content (AvgIpc) is 3.21. The van der Waals surface area contributed by atoms with Gasteiger partial charge < -0.3 is 14.8 Å². The summed E-state index contributed by atoms with van der Waals surface area (Å²) in [7, 11) is 3.22. The van der Waals surface area contributed by atoms with Crippen molar-refractivity contribution in [3.8, 4) is 11.5 Å². The maximum atomic E-state index is 12.5. The molecule has 1 unspecified atom stereocenters. The Kier molecular flexibility index (Phi) is 7.13. The largest absolute Gasteiger partial charge is 0.497 e. The van der Waals surface area contributed by atoms with Crippen LogP contribution in [0.5, 0.6) is 11.5 Å². The molecule has 1 atom stereocenters. The number of nitrogens with one attached hydrogen (secondary N) is 1. The van der Waals surface area contributed by atoms with Crippen LogP contribution in [0.2, 0.25) is 0 Å². The van der Waals surface area contributed by atoms with Crippen molar-refractivity contribution in [2.24, 2.45) is 0 Å². The van der Waals surface area contributed by atoms with E-state index < -0.39 is 0 Å². The van der Waals surface area contributed by atoms with Crippen molar-refractivity contribution in [2.75, 3.05) is 20.0 Å². The van der Waals surface area contributed by atoms with Gasteiger partial charge in [0.2, 0.25) is 11.1 Å². The van der Waals surface area contributed by atoms with Crippen LogP contribution in [0.25, 0.3) is 0 Å². The van der Waals surface area contributed by atoms with E-state index in [0.717, 1.165) is 24.2 Å². The van der Waals surface area contributed by atoms with Gasteiger partial charge in [-0.3, -0.25) is 4.79 Å². The van der Waals surface area contributed by atoms with E-state index in [0.29, 0.717) is 16.9 Å². The molecule has 1 aliphatic rings. The molecule has 1 aromatic carbocycles. The molecule has 1 N–H and O–H groups in total. The minimum Gasteiger partial charge on any atom is -0.497 e. The number of thioether (sulfide) groups is 1. The molecular formula is C19H27N5O3S. The highest BCUT2D eigenvalue weighted by Gasteiger charge is 2.21. The van der Waals surface area contributed by atoms with Crippen molar-refractivity contribution in [3.63, 3.8) is 0 Å². The van der Waals surface area contributed by atoms with E-state index in [4.69, 9.17) is 9.47 Å². The third kappa shape index (κ3) is 4.95. The van der Waals surface area contributed by atoms with Gasteiger partial charge >= 0.3 is 0 Å². The van der Waals surface area contributed by atoms with Crippen LogP contribution in [0.15, 0.2) is 23.4 Å². The summed E-state index contributed by atoms with van der Waals surface area (Å²) in [5, 5.41) is 15.8. The lowest BCUT2D eigenvalue weighted by atomic mass is 9.96. The van der Waals surface area contributed by atoms with Gasteiger partial charge in [-0.1, -0.05) is 31.0 Å². The molecule has 1 heterocycles. The van der Waals surface area contributed by atoms with E-state index in [2.05, 4.69) is 20.8 Å². The fourth-order valence-corrected chi connectivity index (χ4v) is 4.26. The molecule has 9 heteroatoms. The van der Waals surface area contributed by atoms with Gasteiger partial charge in [0.25, 0.3) is 0 Å². The van der Waals surface area contributed by atoms with Crippen LogP contribution in [-0.2, 0) is 4.79 Å². The van der Waals surface area contributed by atoms with Gasteiger partial charge in [0.15, 0.2) is 0 Å². The summed E-state index contributed by atoms with van der Waals surface area (Å²) in [4.78, 5) is 12.5. The van der Waals surface area contributed by atoms with Crippen molar-refractivity contribution in [1.29, 1.82) is 0 Å². The summed E-state index contributed by atoms with van der Waals surface area (Å²) in [6.07, 6.45) is 5.87. The lowest BCUT2D eigenvalue weighted by molar-refractivity contribution is -0.119. The smallest absolute Gasteiger partial charge is 0.230 e. The highest BCUT2D eigenvalue weighted by Crippen LogP contribution is 2.31. The number of hydrogen-bond acceptors (Lipinski definition) is 7. The number of aromatic nitrogens is 4. The molecule has 1 saturated carbocycles. The Bertz CT molecular complexity index is 792. The number of methoxy groups -OCH3 is 2. The molecule has 0 bridgehead atoms. The second-order valence-electron chi connectivity index (χ2n) is 6.88. The topological polar surface area (TPSA) is 91.2 Å². The molecule has 0 spiro atoms. The Morgan fingerprint density at radius 3 is 2.79 bits per heavy atom. The van der Waals surface area contributed by atoms with E-state index in [1.807, 2.05) is 29.8 Å². The Labute approximate surface area is 169 Å². The highest BCUT2D eigenvalue weighted by molar-refractivity contribution is 7.99. The zero-order chi connectivity index (χ0) is 19.9. The minimum atomic E-state index is -0.215. The van der Waals surface area contributed by atoms with Crippen LogP contribution in [0.3, 0.4) is 0 Å². The third-order valence-corrected chi connectivity index (χ3v) is 5.93. The van der Waals surface area contributed by atoms with Crippen LogP contribution in [0.1, 0.15) is 56.7 Å². The maximum Gasteiger partial charge on any atom is 0.230 e. The van der Waals surface area contributed by atoms with Gasteiger partial charge in [-0.2, -0.15) is 0 Å². The molecule has 0 aliphatic heterocycles. The summed E-state index contributed by atoms with van der Waals surface area (Å²) in [6, 6.07) is 5.67. The molecular weight excluding hydrogens is 378 g/mol. The number of carbonyl (C=O) groups excluding carboxylic acids is 1. The summed E-state index contributed by atoms with van der Waals surface area (Å²) >= 11 is 1.37. The third-order valence-electron chi connectivity index (χ3n) is 5.00. The molecule has 1 aromatic heterocycles. The minimum absolute atomic E-state index is 0.0828. The predicted octanol–water partition coefficient (Wildman–Crippen LogP) is 3.17. The first-order valence-corrected chi connectivity index (χ1v) is 10.5. The Morgan fingerprint density at radius 2 is 2.07 bits per heavy atom. The number of benzene rings is 1. The second-order valence-corrected chi connectivity index (χ2v) is 7.83. The van der Waals surface area contributed by atoms with E-state index in [-0.39, 0.29) is 17.7 Å². The number of ether oxygens (including phenoxy) is 2. The van der Waals surface area contributed by atoms with Crippen LogP contribution in [-0.4, -0.2) is 46.1 Å². The molecule has 0 radical (unpaired) electrons. The first kappa shape index (κ1) is 20.4. The van der Waals surface area contributed by atoms with Crippen LogP contribution < -0.4 is 14.8 Å². The van der Waals surface area contributed by atoms with Gasteiger partial charge in [-0.05, 0) is 48.4 Å². The molecule has 1 aliphatic carbocycles. The number of amides is 1. The summed E-state index contributed by atoms with van der Waals surface area (Å²) in [5.41, 5.74) is 0.868. The summed E-state index contributed by atoms with van der Waals surface area (Å²) in [5.74, 6) is 1.60. The second kappa shape index (κ2) is 9.77. The highest BCUT2D eigenvalue weighted by atomic mass is 32.2. The quantitative estimate of drug-likeness (QED) is 0.675. The standard InChI is InChI=1S/C19H27N5O3S/c1-13(16-11-15(26-2)9-10-17(16)27-3)20-18(25)12-28-19-21-22-23-24(19)14-7-5-4-6-8-14/h9-11,13-14H,4-8,12H2,1-3H3,(H,20,25). The van der Waals surface area contributed by atoms with E-state index >= 15 is 0 Å². The average molecular weight is 406 g/mol. The van der Waals surface area contributed by atoms with Crippen molar-refractivity contribution >= 4 is 17.7 Å². The van der Waals surface area contributed by atoms with Crippen molar-refractivity contribution in [3.05, 3.63) is 23.8 Å². The van der Waals surface area contributed by atoms with Gasteiger partial charge in [0.05, 0.1) is 32.1 Å². The predicted molar refractivity (Wildman–Crippen MR) is 107 cm³/mol. The monoisotopic (exact) mass is 405 g/mol. The SMILES string of the molecule is COc1ccc(OC)c(C(C)NC(=O)CSc2nnnn2C2CCCCC2)c1. The molecule has 2 aromatic rings. The normalized spacial score (nSPS) is 15.8. The molecule has 8 nitrogen and oxygen atoms in total. The maximum absolute atomic E-state index is 12.5. The van der Waals surface area contributed by atoms with Crippen molar-refractivity contribution < 1.29 is 14.3 Å². The molecule has 28 heavy (non-hydrogen) atoms. The number of carbonyl (C=O) groups is 1.